The Kier molecular flexibility index (Phi) is 11.9. The third-order valence-electron chi connectivity index (χ3n) is 3.84. The predicted octanol–water partition coefficient (Wildman–Crippen LogP) is 4.41. The van der Waals surface area contributed by atoms with Crippen molar-refractivity contribution in [3.8, 4) is 0 Å². The summed E-state index contributed by atoms with van der Waals surface area (Å²) < 4.78 is 5.16. The molecule has 0 amide bonds. The summed E-state index contributed by atoms with van der Waals surface area (Å²) in [6, 6.07) is 0. The molecular formula is C16H34O2. The van der Waals surface area contributed by atoms with Gasteiger partial charge in [-0.15, -0.1) is 0 Å². The number of rotatable bonds is 12. The fraction of sp³-hybridized carbons (Fsp3) is 1.00. The van der Waals surface area contributed by atoms with Gasteiger partial charge in [0.05, 0.1) is 6.10 Å². The lowest BCUT2D eigenvalue weighted by molar-refractivity contribution is 0.0996. The molecule has 0 saturated carbocycles. The molecule has 0 heterocycles. The van der Waals surface area contributed by atoms with Gasteiger partial charge in [-0.3, -0.25) is 0 Å². The zero-order valence-corrected chi connectivity index (χ0v) is 13.0. The van der Waals surface area contributed by atoms with Crippen molar-refractivity contribution in [2.24, 2.45) is 11.8 Å². The Hall–Kier alpha value is -0.0800. The Bertz CT molecular complexity index is 168. The van der Waals surface area contributed by atoms with Crippen LogP contribution < -0.4 is 0 Å². The molecule has 1 N–H and O–H groups in total. The first-order chi connectivity index (χ1) is 8.61. The molecule has 2 heteroatoms. The summed E-state index contributed by atoms with van der Waals surface area (Å²) in [5.74, 6) is 1.09. The van der Waals surface area contributed by atoms with E-state index in [1.807, 2.05) is 6.92 Å². The summed E-state index contributed by atoms with van der Waals surface area (Å²) in [6.07, 6.45) is 9.92. The average Bonchev–Trinajstić information content (AvgIpc) is 2.32. The minimum atomic E-state index is -0.161. The largest absolute Gasteiger partial charge is 0.393 e. The second kappa shape index (κ2) is 12.0. The molecule has 0 bridgehead atoms. The molecule has 3 atom stereocenters. The number of hydrogen-bond donors (Lipinski definition) is 1. The van der Waals surface area contributed by atoms with E-state index in [0.717, 1.165) is 13.0 Å². The maximum absolute atomic E-state index is 9.83. The van der Waals surface area contributed by atoms with Gasteiger partial charge in [0.25, 0.3) is 0 Å². The fourth-order valence-corrected chi connectivity index (χ4v) is 2.50. The summed E-state index contributed by atoms with van der Waals surface area (Å²) in [5, 5.41) is 9.83. The first-order valence-electron chi connectivity index (χ1n) is 7.78. The van der Waals surface area contributed by atoms with E-state index in [2.05, 4.69) is 13.8 Å². The van der Waals surface area contributed by atoms with Gasteiger partial charge in [0.15, 0.2) is 0 Å². The Balaban J connectivity index is 3.71. The lowest BCUT2D eigenvalue weighted by Crippen LogP contribution is -2.18. The van der Waals surface area contributed by atoms with Crippen LogP contribution in [0.3, 0.4) is 0 Å². The number of unbranched alkanes of at least 4 members (excludes halogenated alkanes) is 4. The second-order valence-electron chi connectivity index (χ2n) is 5.84. The molecule has 0 aromatic heterocycles. The second-order valence-corrected chi connectivity index (χ2v) is 5.84. The van der Waals surface area contributed by atoms with Crippen LogP contribution in [0.25, 0.3) is 0 Å². The summed E-state index contributed by atoms with van der Waals surface area (Å²) in [5.41, 5.74) is 0. The Morgan fingerprint density at radius 3 is 2.17 bits per heavy atom. The molecule has 2 nitrogen and oxygen atoms in total. The van der Waals surface area contributed by atoms with Crippen molar-refractivity contribution < 1.29 is 9.84 Å². The average molecular weight is 258 g/mol. The van der Waals surface area contributed by atoms with Crippen molar-refractivity contribution in [1.29, 1.82) is 0 Å². The standard InChI is InChI=1S/C16H34O2/c1-5-6-7-8-9-10-16(15(3)17)12-11-14(2)13-18-4/h14-17H,5-13H2,1-4H3. The number of hydrogen-bond acceptors (Lipinski definition) is 2. The lowest BCUT2D eigenvalue weighted by atomic mass is 9.89. The van der Waals surface area contributed by atoms with Crippen LogP contribution in [-0.2, 0) is 4.74 Å². The van der Waals surface area contributed by atoms with Gasteiger partial charge < -0.3 is 9.84 Å². The molecule has 0 spiro atoms. The third-order valence-corrected chi connectivity index (χ3v) is 3.84. The smallest absolute Gasteiger partial charge is 0.0540 e. The van der Waals surface area contributed by atoms with Crippen molar-refractivity contribution in [3.05, 3.63) is 0 Å². The fourth-order valence-electron chi connectivity index (χ4n) is 2.50. The van der Waals surface area contributed by atoms with E-state index >= 15 is 0 Å². The van der Waals surface area contributed by atoms with E-state index in [4.69, 9.17) is 4.74 Å². The van der Waals surface area contributed by atoms with E-state index in [0.29, 0.717) is 11.8 Å². The van der Waals surface area contributed by atoms with Gasteiger partial charge >= 0.3 is 0 Å². The number of methoxy groups -OCH3 is 1. The van der Waals surface area contributed by atoms with E-state index in [-0.39, 0.29) is 6.10 Å². The molecule has 0 saturated heterocycles. The van der Waals surface area contributed by atoms with Crippen LogP contribution >= 0.6 is 0 Å². The van der Waals surface area contributed by atoms with Crippen molar-refractivity contribution in [1.82, 2.24) is 0 Å². The number of aliphatic hydroxyl groups excluding tert-OH is 1. The Morgan fingerprint density at radius 1 is 0.944 bits per heavy atom. The minimum Gasteiger partial charge on any atom is -0.393 e. The predicted molar refractivity (Wildman–Crippen MR) is 78.8 cm³/mol. The molecule has 3 unspecified atom stereocenters. The van der Waals surface area contributed by atoms with Gasteiger partial charge in [0.1, 0.15) is 0 Å². The van der Waals surface area contributed by atoms with Gasteiger partial charge in [-0.1, -0.05) is 46.0 Å². The molecule has 0 rings (SSSR count). The molecular weight excluding hydrogens is 224 g/mol. The highest BCUT2D eigenvalue weighted by Crippen LogP contribution is 2.22. The zero-order valence-electron chi connectivity index (χ0n) is 13.0. The summed E-state index contributed by atoms with van der Waals surface area (Å²) >= 11 is 0. The lowest BCUT2D eigenvalue weighted by Gasteiger charge is -2.21. The molecule has 0 aliphatic heterocycles. The van der Waals surface area contributed by atoms with Crippen LogP contribution in [0, 0.1) is 11.8 Å². The van der Waals surface area contributed by atoms with Crippen LogP contribution in [0.5, 0.6) is 0 Å². The van der Waals surface area contributed by atoms with Gasteiger partial charge in [0, 0.05) is 13.7 Å². The molecule has 18 heavy (non-hydrogen) atoms. The monoisotopic (exact) mass is 258 g/mol. The van der Waals surface area contributed by atoms with E-state index < -0.39 is 0 Å². The molecule has 0 radical (unpaired) electrons. The highest BCUT2D eigenvalue weighted by Gasteiger charge is 2.15. The highest BCUT2D eigenvalue weighted by atomic mass is 16.5. The van der Waals surface area contributed by atoms with E-state index in [9.17, 15) is 5.11 Å². The van der Waals surface area contributed by atoms with Gasteiger partial charge in [0.2, 0.25) is 0 Å². The maximum Gasteiger partial charge on any atom is 0.0540 e. The topological polar surface area (TPSA) is 29.5 Å². The summed E-state index contributed by atoms with van der Waals surface area (Å²) in [6.45, 7) is 7.25. The SMILES string of the molecule is CCCCCCCC(CCC(C)COC)C(C)O. The third kappa shape index (κ3) is 9.90. The van der Waals surface area contributed by atoms with Gasteiger partial charge in [-0.05, 0) is 38.0 Å². The Labute approximate surface area is 114 Å². The number of aliphatic hydroxyl groups is 1. The van der Waals surface area contributed by atoms with Gasteiger partial charge in [-0.2, -0.15) is 0 Å². The summed E-state index contributed by atoms with van der Waals surface area (Å²) in [4.78, 5) is 0. The van der Waals surface area contributed by atoms with Crippen molar-refractivity contribution in [2.75, 3.05) is 13.7 Å². The molecule has 110 valence electrons. The van der Waals surface area contributed by atoms with Gasteiger partial charge in [-0.25, -0.2) is 0 Å². The molecule has 0 aliphatic rings. The van der Waals surface area contributed by atoms with E-state index in [1.54, 1.807) is 7.11 Å². The van der Waals surface area contributed by atoms with Crippen LogP contribution in [-0.4, -0.2) is 24.9 Å². The normalized spacial score (nSPS) is 16.5. The Morgan fingerprint density at radius 2 is 1.61 bits per heavy atom. The van der Waals surface area contributed by atoms with E-state index in [1.165, 1.54) is 44.9 Å². The van der Waals surface area contributed by atoms with Crippen LogP contribution in [0.4, 0.5) is 0 Å². The molecule has 0 aromatic carbocycles. The molecule has 0 aliphatic carbocycles. The quantitative estimate of drug-likeness (QED) is 0.526. The zero-order chi connectivity index (χ0) is 13.8. The number of ether oxygens (including phenoxy) is 1. The van der Waals surface area contributed by atoms with Crippen LogP contribution in [0.1, 0.15) is 72.1 Å². The first-order valence-corrected chi connectivity index (χ1v) is 7.78. The van der Waals surface area contributed by atoms with Crippen molar-refractivity contribution in [3.63, 3.8) is 0 Å². The van der Waals surface area contributed by atoms with Crippen LogP contribution in [0.15, 0.2) is 0 Å². The maximum atomic E-state index is 9.83. The molecule has 0 fully saturated rings. The molecule has 0 aromatic rings. The first kappa shape index (κ1) is 17.9. The highest BCUT2D eigenvalue weighted by molar-refractivity contribution is 4.67. The van der Waals surface area contributed by atoms with Crippen molar-refractivity contribution in [2.45, 2.75) is 78.2 Å². The minimum absolute atomic E-state index is 0.161. The van der Waals surface area contributed by atoms with Crippen LogP contribution in [0.2, 0.25) is 0 Å². The summed E-state index contributed by atoms with van der Waals surface area (Å²) in [7, 11) is 1.76. The van der Waals surface area contributed by atoms with Crippen molar-refractivity contribution >= 4 is 0 Å².